The van der Waals surface area contributed by atoms with Crippen LogP contribution in [0.2, 0.25) is 0 Å². The summed E-state index contributed by atoms with van der Waals surface area (Å²) in [6.07, 6.45) is 6.74. The molecule has 0 bridgehead atoms. The van der Waals surface area contributed by atoms with Crippen LogP contribution in [0.5, 0.6) is 11.5 Å². The lowest BCUT2D eigenvalue weighted by atomic mass is 9.95. The van der Waals surface area contributed by atoms with Crippen LogP contribution in [-0.2, 0) is 16.1 Å². The van der Waals surface area contributed by atoms with E-state index in [1.54, 1.807) is 4.90 Å². The van der Waals surface area contributed by atoms with E-state index in [9.17, 15) is 9.59 Å². The van der Waals surface area contributed by atoms with Crippen molar-refractivity contribution in [3.05, 3.63) is 23.8 Å². The van der Waals surface area contributed by atoms with E-state index in [1.165, 1.54) is 19.3 Å². The average molecular weight is 344 g/mol. The van der Waals surface area contributed by atoms with Gasteiger partial charge in [-0.05, 0) is 37.0 Å². The van der Waals surface area contributed by atoms with Gasteiger partial charge in [0.25, 0.3) is 0 Å². The molecule has 2 heterocycles. The molecule has 0 spiro atoms. The van der Waals surface area contributed by atoms with Gasteiger partial charge in [-0.15, -0.1) is 0 Å². The van der Waals surface area contributed by atoms with Gasteiger partial charge in [0.2, 0.25) is 18.6 Å². The maximum atomic E-state index is 12.7. The van der Waals surface area contributed by atoms with Gasteiger partial charge in [0.15, 0.2) is 11.5 Å². The largest absolute Gasteiger partial charge is 0.454 e. The fraction of sp³-hybridized carbons (Fsp3) is 0.579. The van der Waals surface area contributed by atoms with E-state index in [-0.39, 0.29) is 30.7 Å². The third kappa shape index (κ3) is 3.43. The number of nitrogens with one attached hydrogen (secondary N) is 1. The Kier molecular flexibility index (Phi) is 4.51. The Hall–Kier alpha value is -2.24. The molecule has 1 unspecified atom stereocenters. The van der Waals surface area contributed by atoms with Crippen LogP contribution >= 0.6 is 0 Å². The normalized spacial score (nSPS) is 23.1. The van der Waals surface area contributed by atoms with Crippen molar-refractivity contribution in [3.8, 4) is 11.5 Å². The Bertz CT molecular complexity index is 669. The molecule has 1 atom stereocenters. The Labute approximate surface area is 147 Å². The molecular weight excluding hydrogens is 320 g/mol. The second-order valence-corrected chi connectivity index (χ2v) is 7.11. The van der Waals surface area contributed by atoms with E-state index < -0.39 is 0 Å². The van der Waals surface area contributed by atoms with Gasteiger partial charge in [-0.2, -0.15) is 0 Å². The van der Waals surface area contributed by atoms with Crippen LogP contribution in [0.15, 0.2) is 18.2 Å². The van der Waals surface area contributed by atoms with Crippen LogP contribution < -0.4 is 14.8 Å². The molecule has 6 heteroatoms. The van der Waals surface area contributed by atoms with Gasteiger partial charge in [0, 0.05) is 19.0 Å². The van der Waals surface area contributed by atoms with Crippen molar-refractivity contribution in [2.24, 2.45) is 0 Å². The molecule has 1 N–H and O–H groups in total. The Morgan fingerprint density at radius 3 is 2.76 bits per heavy atom. The smallest absolute Gasteiger partial charge is 0.243 e. The lowest BCUT2D eigenvalue weighted by Gasteiger charge is -2.28. The van der Waals surface area contributed by atoms with Crippen LogP contribution in [0.4, 0.5) is 0 Å². The number of ether oxygens (including phenoxy) is 2. The molecule has 2 fully saturated rings. The summed E-state index contributed by atoms with van der Waals surface area (Å²) in [6.45, 7) is 0.659. The van der Waals surface area contributed by atoms with Gasteiger partial charge in [0.1, 0.15) is 6.04 Å². The maximum absolute atomic E-state index is 12.7. The highest BCUT2D eigenvalue weighted by Crippen LogP contribution is 2.33. The van der Waals surface area contributed by atoms with E-state index in [1.807, 2.05) is 18.2 Å². The van der Waals surface area contributed by atoms with E-state index in [2.05, 4.69) is 5.32 Å². The molecule has 0 aromatic heterocycles. The molecular formula is C19H24N2O4. The number of hydrogen-bond acceptors (Lipinski definition) is 4. The van der Waals surface area contributed by atoms with E-state index in [0.717, 1.165) is 24.2 Å². The first kappa shape index (κ1) is 16.2. The van der Waals surface area contributed by atoms with Crippen molar-refractivity contribution >= 4 is 11.8 Å². The summed E-state index contributed by atoms with van der Waals surface area (Å²) < 4.78 is 10.7. The fourth-order valence-corrected chi connectivity index (χ4v) is 3.98. The number of benzene rings is 1. The minimum Gasteiger partial charge on any atom is -0.454 e. The van der Waals surface area contributed by atoms with Crippen LogP contribution in [-0.4, -0.2) is 35.6 Å². The molecule has 1 aromatic rings. The van der Waals surface area contributed by atoms with Crippen LogP contribution in [0.3, 0.4) is 0 Å². The van der Waals surface area contributed by atoms with E-state index in [4.69, 9.17) is 9.47 Å². The number of hydrogen-bond donors (Lipinski definition) is 1. The minimum atomic E-state index is -0.361. The first-order chi connectivity index (χ1) is 12.2. The number of amides is 2. The first-order valence-corrected chi connectivity index (χ1v) is 9.19. The zero-order valence-corrected chi connectivity index (χ0v) is 14.3. The van der Waals surface area contributed by atoms with Gasteiger partial charge < -0.3 is 19.7 Å². The molecule has 25 heavy (non-hydrogen) atoms. The van der Waals surface area contributed by atoms with Crippen molar-refractivity contribution in [1.82, 2.24) is 10.2 Å². The fourth-order valence-electron chi connectivity index (χ4n) is 3.98. The molecule has 1 aliphatic carbocycles. The van der Waals surface area contributed by atoms with Crippen molar-refractivity contribution in [1.29, 1.82) is 0 Å². The second-order valence-electron chi connectivity index (χ2n) is 7.11. The number of fused-ring (bicyclic) bond motifs is 1. The summed E-state index contributed by atoms with van der Waals surface area (Å²) in [4.78, 5) is 26.7. The van der Waals surface area contributed by atoms with E-state index in [0.29, 0.717) is 25.1 Å². The minimum absolute atomic E-state index is 0.00140. The molecule has 3 aliphatic rings. The molecule has 2 amide bonds. The molecule has 1 saturated heterocycles. The number of carbonyl (C=O) groups is 2. The number of carbonyl (C=O) groups excluding carboxylic acids is 2. The van der Waals surface area contributed by atoms with Gasteiger partial charge in [-0.3, -0.25) is 9.59 Å². The lowest BCUT2D eigenvalue weighted by Crippen LogP contribution is -2.48. The predicted molar refractivity (Wildman–Crippen MR) is 91.2 cm³/mol. The molecule has 1 saturated carbocycles. The van der Waals surface area contributed by atoms with Gasteiger partial charge in [0.05, 0.1) is 0 Å². The third-order valence-electron chi connectivity index (χ3n) is 5.37. The van der Waals surface area contributed by atoms with Crippen molar-refractivity contribution < 1.29 is 19.1 Å². The van der Waals surface area contributed by atoms with Crippen molar-refractivity contribution in [3.63, 3.8) is 0 Å². The van der Waals surface area contributed by atoms with E-state index >= 15 is 0 Å². The molecule has 4 rings (SSSR count). The quantitative estimate of drug-likeness (QED) is 0.910. The lowest BCUT2D eigenvalue weighted by molar-refractivity contribution is -0.136. The third-order valence-corrected chi connectivity index (χ3v) is 5.37. The maximum Gasteiger partial charge on any atom is 0.243 e. The zero-order chi connectivity index (χ0) is 17.2. The second kappa shape index (κ2) is 6.94. The molecule has 1 aromatic carbocycles. The summed E-state index contributed by atoms with van der Waals surface area (Å²) in [5.41, 5.74) is 0.954. The van der Waals surface area contributed by atoms with Gasteiger partial charge in [-0.25, -0.2) is 0 Å². The molecule has 2 aliphatic heterocycles. The summed E-state index contributed by atoms with van der Waals surface area (Å²) in [5.74, 6) is 1.47. The first-order valence-electron chi connectivity index (χ1n) is 9.19. The SMILES string of the molecule is O=C(NC1CCCCC1)C1CCC(=O)N1Cc1ccc2c(c1)OCO2. The van der Waals surface area contributed by atoms with Crippen LogP contribution in [0.25, 0.3) is 0 Å². The van der Waals surface area contributed by atoms with Crippen molar-refractivity contribution in [2.45, 2.75) is 63.6 Å². The summed E-state index contributed by atoms with van der Waals surface area (Å²) >= 11 is 0. The number of rotatable bonds is 4. The Morgan fingerprint density at radius 2 is 1.92 bits per heavy atom. The standard InChI is InChI=1S/C19H24N2O4/c22-18-9-7-15(19(23)20-14-4-2-1-3-5-14)21(18)11-13-6-8-16-17(10-13)25-12-24-16/h6,8,10,14-15H,1-5,7,9,11-12H2,(H,20,23). The molecule has 134 valence electrons. The Balaban J connectivity index is 1.43. The molecule has 0 radical (unpaired) electrons. The number of likely N-dealkylation sites (tertiary alicyclic amines) is 1. The highest BCUT2D eigenvalue weighted by molar-refractivity contribution is 5.91. The van der Waals surface area contributed by atoms with Crippen molar-refractivity contribution in [2.75, 3.05) is 6.79 Å². The van der Waals surface area contributed by atoms with Crippen LogP contribution in [0, 0.1) is 0 Å². The average Bonchev–Trinajstić information content (AvgIpc) is 3.23. The van der Waals surface area contributed by atoms with Gasteiger partial charge in [-0.1, -0.05) is 25.3 Å². The Morgan fingerprint density at radius 1 is 1.12 bits per heavy atom. The monoisotopic (exact) mass is 344 g/mol. The van der Waals surface area contributed by atoms with Crippen LogP contribution in [0.1, 0.15) is 50.5 Å². The summed E-state index contributed by atoms with van der Waals surface area (Å²) in [7, 11) is 0. The predicted octanol–water partition coefficient (Wildman–Crippen LogP) is 2.36. The van der Waals surface area contributed by atoms with Gasteiger partial charge >= 0.3 is 0 Å². The summed E-state index contributed by atoms with van der Waals surface area (Å²) in [5, 5.41) is 3.16. The zero-order valence-electron chi connectivity index (χ0n) is 14.3. The highest BCUT2D eigenvalue weighted by atomic mass is 16.7. The summed E-state index contributed by atoms with van der Waals surface area (Å²) in [6, 6.07) is 5.58. The topological polar surface area (TPSA) is 67.9 Å². The number of nitrogens with zero attached hydrogens (tertiary/aromatic N) is 1. The highest BCUT2D eigenvalue weighted by Gasteiger charge is 2.36. The molecule has 6 nitrogen and oxygen atoms in total.